The molecule has 72 heavy (non-hydrogen) atoms. The van der Waals surface area contributed by atoms with Crippen molar-refractivity contribution in [1.29, 1.82) is 0 Å². The van der Waals surface area contributed by atoms with E-state index >= 15 is 0 Å². The number of ether oxygens (including phenoxy) is 3. The smallest absolute Gasteiger partial charge is 0.306 e. The second kappa shape index (κ2) is 59.9. The fourth-order valence-electron chi connectivity index (χ4n) is 8.34. The predicted molar refractivity (Wildman–Crippen MR) is 311 cm³/mol. The van der Waals surface area contributed by atoms with Crippen molar-refractivity contribution in [1.82, 2.24) is 0 Å². The van der Waals surface area contributed by atoms with Gasteiger partial charge < -0.3 is 14.2 Å². The summed E-state index contributed by atoms with van der Waals surface area (Å²) in [5.74, 6) is -0.917. The third-order valence-corrected chi connectivity index (χ3v) is 12.9. The van der Waals surface area contributed by atoms with E-state index in [1.807, 2.05) is 24.3 Å². The molecule has 1 unspecified atom stereocenters. The van der Waals surface area contributed by atoms with Crippen LogP contribution in [0.2, 0.25) is 0 Å². The molecule has 0 aliphatic heterocycles. The molecule has 412 valence electrons. The molecule has 0 saturated carbocycles. The molecule has 6 heteroatoms. The minimum absolute atomic E-state index is 0.0913. The molecule has 0 amide bonds. The first kappa shape index (κ1) is 68.3. The maximum Gasteiger partial charge on any atom is 0.306 e. The monoisotopic (exact) mass is 1000 g/mol. The standard InChI is InChI=1S/C66H112O6/c1-4-7-10-13-16-19-22-25-28-31-33-36-38-41-44-47-50-53-56-59-65(68)71-62-63(61-70-64(67)58-55-52-49-46-43-40-37-34-30-27-24-21-18-15-12-9-6-3)72-66(69)60-57-54-51-48-45-42-39-35-32-29-26-23-20-17-14-11-8-5-2/h11,14,16-17,19-20,22-23,25-27,29-30,32,35,39,63H,4-10,12-13,15,18,21,24,28,31,33-34,36-38,40-62H2,1-3H3/b14-11-,19-16-,20-17-,25-22-,26-23-,30-27-,32-29-,39-35-. The molecule has 1 atom stereocenters. The quantitative estimate of drug-likeness (QED) is 0.0199. The summed E-state index contributed by atoms with van der Waals surface area (Å²) in [5, 5.41) is 0. The van der Waals surface area contributed by atoms with Gasteiger partial charge in [0.2, 0.25) is 0 Å². The van der Waals surface area contributed by atoms with Crippen LogP contribution in [0.3, 0.4) is 0 Å². The average Bonchev–Trinajstić information content (AvgIpc) is 3.38. The second-order valence-electron chi connectivity index (χ2n) is 20.1. The topological polar surface area (TPSA) is 78.9 Å². The highest BCUT2D eigenvalue weighted by atomic mass is 16.6. The molecule has 0 aromatic heterocycles. The summed E-state index contributed by atoms with van der Waals surface area (Å²) in [5.41, 5.74) is 0. The highest BCUT2D eigenvalue weighted by Crippen LogP contribution is 2.15. The number of carbonyl (C=O) groups is 3. The summed E-state index contributed by atoms with van der Waals surface area (Å²) < 4.78 is 16.9. The van der Waals surface area contributed by atoms with Gasteiger partial charge in [0.25, 0.3) is 0 Å². The van der Waals surface area contributed by atoms with Gasteiger partial charge in [-0.3, -0.25) is 14.4 Å². The summed E-state index contributed by atoms with van der Waals surface area (Å²) in [6.45, 7) is 6.51. The Kier molecular flexibility index (Phi) is 56.8. The van der Waals surface area contributed by atoms with E-state index in [2.05, 4.69) is 93.7 Å². The van der Waals surface area contributed by atoms with Crippen LogP contribution in [0.4, 0.5) is 0 Å². The maximum atomic E-state index is 12.9. The highest BCUT2D eigenvalue weighted by Gasteiger charge is 2.19. The van der Waals surface area contributed by atoms with Gasteiger partial charge in [-0.25, -0.2) is 0 Å². The molecule has 0 aromatic rings. The minimum Gasteiger partial charge on any atom is -0.462 e. The SMILES string of the molecule is CCC\C=C/C=C\C=C/C=C\C=C/CCCCCCCC(=O)OC(COC(=O)CCCCCCCCC/C=C\CCCCCCCC)COC(=O)CCCCCCCCCCCC/C=C\C=C/CCCCC. The van der Waals surface area contributed by atoms with E-state index in [9.17, 15) is 14.4 Å². The van der Waals surface area contributed by atoms with Crippen molar-refractivity contribution >= 4 is 17.9 Å². The van der Waals surface area contributed by atoms with Crippen LogP contribution in [-0.4, -0.2) is 37.2 Å². The molecule has 0 radical (unpaired) electrons. The van der Waals surface area contributed by atoms with E-state index in [0.717, 1.165) is 83.5 Å². The molecule has 0 saturated heterocycles. The molecule has 0 rings (SSSR count). The van der Waals surface area contributed by atoms with Crippen LogP contribution in [0.1, 0.15) is 284 Å². The fourth-order valence-corrected chi connectivity index (χ4v) is 8.34. The Morgan fingerprint density at radius 2 is 0.542 bits per heavy atom. The number of carbonyl (C=O) groups excluding carboxylic acids is 3. The number of unbranched alkanes of at least 4 members (excludes halogenated alkanes) is 32. The Hall–Kier alpha value is -3.67. The molecule has 6 nitrogen and oxygen atoms in total. The Morgan fingerprint density at radius 1 is 0.278 bits per heavy atom. The van der Waals surface area contributed by atoms with Gasteiger partial charge in [-0.15, -0.1) is 0 Å². The second-order valence-corrected chi connectivity index (χ2v) is 20.1. The molecule has 0 aromatic carbocycles. The van der Waals surface area contributed by atoms with E-state index in [4.69, 9.17) is 14.2 Å². The molecule has 0 bridgehead atoms. The summed E-state index contributed by atoms with van der Waals surface area (Å²) in [6.07, 6.45) is 79.6. The van der Waals surface area contributed by atoms with Crippen LogP contribution in [0.25, 0.3) is 0 Å². The summed E-state index contributed by atoms with van der Waals surface area (Å²) >= 11 is 0. The van der Waals surface area contributed by atoms with Crippen LogP contribution in [0.15, 0.2) is 97.2 Å². The third kappa shape index (κ3) is 57.2. The lowest BCUT2D eigenvalue weighted by molar-refractivity contribution is -0.167. The first-order valence-corrected chi connectivity index (χ1v) is 30.3. The van der Waals surface area contributed by atoms with Gasteiger partial charge in [0.1, 0.15) is 13.2 Å². The van der Waals surface area contributed by atoms with Gasteiger partial charge in [-0.2, -0.15) is 0 Å². The largest absolute Gasteiger partial charge is 0.462 e. The van der Waals surface area contributed by atoms with Gasteiger partial charge >= 0.3 is 17.9 Å². The number of allylic oxidation sites excluding steroid dienone is 16. The van der Waals surface area contributed by atoms with E-state index in [1.54, 1.807) is 0 Å². The molecule has 0 fully saturated rings. The molecular formula is C66H112O6. The van der Waals surface area contributed by atoms with Crippen molar-refractivity contribution in [2.45, 2.75) is 290 Å². The minimum atomic E-state index is -0.796. The summed E-state index contributed by atoms with van der Waals surface area (Å²) in [6, 6.07) is 0. The van der Waals surface area contributed by atoms with Crippen LogP contribution in [0.5, 0.6) is 0 Å². The highest BCUT2D eigenvalue weighted by molar-refractivity contribution is 5.71. The predicted octanol–water partition coefficient (Wildman–Crippen LogP) is 20.5. The first-order valence-electron chi connectivity index (χ1n) is 30.3. The maximum absolute atomic E-state index is 12.9. The van der Waals surface area contributed by atoms with Crippen molar-refractivity contribution in [3.05, 3.63) is 97.2 Å². The molecule has 0 aliphatic carbocycles. The van der Waals surface area contributed by atoms with Gasteiger partial charge in [-0.05, 0) is 89.9 Å². The van der Waals surface area contributed by atoms with Crippen LogP contribution in [0, 0.1) is 0 Å². The zero-order valence-electron chi connectivity index (χ0n) is 47.2. The molecular weight excluding hydrogens is 889 g/mol. The van der Waals surface area contributed by atoms with Gasteiger partial charge in [0, 0.05) is 19.3 Å². The van der Waals surface area contributed by atoms with E-state index in [1.165, 1.54) is 161 Å². The molecule has 0 N–H and O–H groups in total. The summed E-state index contributed by atoms with van der Waals surface area (Å²) in [7, 11) is 0. The van der Waals surface area contributed by atoms with Gasteiger partial charge in [0.05, 0.1) is 0 Å². The number of hydrogen-bond acceptors (Lipinski definition) is 6. The average molecular weight is 1000 g/mol. The summed E-state index contributed by atoms with van der Waals surface area (Å²) in [4.78, 5) is 38.3. The van der Waals surface area contributed by atoms with Crippen LogP contribution >= 0.6 is 0 Å². The van der Waals surface area contributed by atoms with Gasteiger partial charge in [-0.1, -0.05) is 272 Å². The Balaban J connectivity index is 4.45. The van der Waals surface area contributed by atoms with E-state index in [0.29, 0.717) is 19.3 Å². The molecule has 0 aliphatic rings. The zero-order valence-corrected chi connectivity index (χ0v) is 47.2. The van der Waals surface area contributed by atoms with Crippen molar-refractivity contribution in [2.24, 2.45) is 0 Å². The van der Waals surface area contributed by atoms with Crippen LogP contribution < -0.4 is 0 Å². The lowest BCUT2D eigenvalue weighted by Gasteiger charge is -2.18. The lowest BCUT2D eigenvalue weighted by atomic mass is 10.1. The number of hydrogen-bond donors (Lipinski definition) is 0. The van der Waals surface area contributed by atoms with Crippen molar-refractivity contribution in [2.75, 3.05) is 13.2 Å². The zero-order chi connectivity index (χ0) is 52.2. The third-order valence-electron chi connectivity index (χ3n) is 12.9. The van der Waals surface area contributed by atoms with E-state index < -0.39 is 6.10 Å². The number of rotatable bonds is 54. The fraction of sp³-hybridized carbons (Fsp3) is 0.712. The van der Waals surface area contributed by atoms with Crippen molar-refractivity contribution in [3.63, 3.8) is 0 Å². The van der Waals surface area contributed by atoms with Gasteiger partial charge in [0.15, 0.2) is 6.10 Å². The Labute approximate surface area is 445 Å². The lowest BCUT2D eigenvalue weighted by Crippen LogP contribution is -2.30. The normalized spacial score (nSPS) is 12.8. The molecule has 0 heterocycles. The van der Waals surface area contributed by atoms with Crippen LogP contribution in [-0.2, 0) is 28.6 Å². The number of esters is 3. The molecule has 0 spiro atoms. The Morgan fingerprint density at radius 3 is 0.917 bits per heavy atom. The van der Waals surface area contributed by atoms with Crippen molar-refractivity contribution in [3.8, 4) is 0 Å². The van der Waals surface area contributed by atoms with E-state index in [-0.39, 0.29) is 31.1 Å². The Bertz CT molecular complexity index is 1430. The first-order chi connectivity index (χ1) is 35.5. The van der Waals surface area contributed by atoms with Crippen molar-refractivity contribution < 1.29 is 28.6 Å².